The van der Waals surface area contributed by atoms with E-state index >= 15 is 0 Å². The summed E-state index contributed by atoms with van der Waals surface area (Å²) >= 11 is 0. The number of hydrogen-bond acceptors (Lipinski definition) is 3. The summed E-state index contributed by atoms with van der Waals surface area (Å²) in [4.78, 5) is 18.6. The van der Waals surface area contributed by atoms with E-state index in [2.05, 4.69) is 11.9 Å². The third kappa shape index (κ3) is 3.81. The maximum Gasteiger partial charge on any atom is 0.254 e. The molecule has 2 N–H and O–H groups in total. The summed E-state index contributed by atoms with van der Waals surface area (Å²) < 4.78 is 0. The zero-order valence-corrected chi connectivity index (χ0v) is 12.5. The number of anilines is 1. The zero-order chi connectivity index (χ0) is 15.2. The summed E-state index contributed by atoms with van der Waals surface area (Å²) in [5.74, 6) is 0.0191. The van der Waals surface area contributed by atoms with Crippen molar-refractivity contribution in [2.45, 2.75) is 26.8 Å². The van der Waals surface area contributed by atoms with Gasteiger partial charge in [-0.05, 0) is 37.1 Å². The number of aryl methyl sites for hydroxylation is 1. The molecule has 1 aromatic carbocycles. The van der Waals surface area contributed by atoms with Crippen molar-refractivity contribution in [1.82, 2.24) is 9.88 Å². The maximum atomic E-state index is 12.7. The monoisotopic (exact) mass is 283 g/mol. The minimum atomic E-state index is 0.0191. The van der Waals surface area contributed by atoms with Gasteiger partial charge in [-0.3, -0.25) is 9.78 Å². The van der Waals surface area contributed by atoms with Crippen molar-refractivity contribution in [3.63, 3.8) is 0 Å². The van der Waals surface area contributed by atoms with Gasteiger partial charge in [0.1, 0.15) is 0 Å². The molecular formula is C17H21N3O. The minimum absolute atomic E-state index is 0.0191. The quantitative estimate of drug-likeness (QED) is 0.858. The second kappa shape index (κ2) is 6.88. The minimum Gasteiger partial charge on any atom is -0.398 e. The molecule has 0 radical (unpaired) electrons. The second-order valence-electron chi connectivity index (χ2n) is 5.11. The summed E-state index contributed by atoms with van der Waals surface area (Å²) in [5, 5.41) is 0. The number of aromatic nitrogens is 1. The van der Waals surface area contributed by atoms with Crippen LogP contribution < -0.4 is 5.73 Å². The number of carbonyl (C=O) groups is 1. The Morgan fingerprint density at radius 3 is 2.71 bits per heavy atom. The number of benzene rings is 1. The van der Waals surface area contributed by atoms with Gasteiger partial charge in [-0.25, -0.2) is 0 Å². The maximum absolute atomic E-state index is 12.7. The van der Waals surface area contributed by atoms with Crippen molar-refractivity contribution in [3.8, 4) is 0 Å². The van der Waals surface area contributed by atoms with Gasteiger partial charge in [0.2, 0.25) is 0 Å². The normalized spacial score (nSPS) is 10.4. The van der Waals surface area contributed by atoms with Crippen LogP contribution in [0.25, 0.3) is 0 Å². The third-order valence-corrected chi connectivity index (χ3v) is 3.34. The molecule has 0 aliphatic carbocycles. The number of amides is 1. The van der Waals surface area contributed by atoms with Crippen LogP contribution >= 0.6 is 0 Å². The van der Waals surface area contributed by atoms with Gasteiger partial charge in [0.15, 0.2) is 0 Å². The summed E-state index contributed by atoms with van der Waals surface area (Å²) in [6, 6.07) is 11.2. The molecule has 21 heavy (non-hydrogen) atoms. The molecule has 4 nitrogen and oxygen atoms in total. The van der Waals surface area contributed by atoms with Gasteiger partial charge >= 0.3 is 0 Å². The molecule has 0 spiro atoms. The smallest absolute Gasteiger partial charge is 0.254 e. The zero-order valence-electron chi connectivity index (χ0n) is 12.5. The van der Waals surface area contributed by atoms with Crippen molar-refractivity contribution in [2.24, 2.45) is 0 Å². The summed E-state index contributed by atoms with van der Waals surface area (Å²) in [5.41, 5.74) is 9.19. The fourth-order valence-electron chi connectivity index (χ4n) is 2.27. The first-order valence-corrected chi connectivity index (χ1v) is 7.17. The van der Waals surface area contributed by atoms with E-state index in [4.69, 9.17) is 5.73 Å². The van der Waals surface area contributed by atoms with Gasteiger partial charge in [-0.2, -0.15) is 0 Å². The Balaban J connectivity index is 2.22. The molecule has 0 saturated carbocycles. The lowest BCUT2D eigenvalue weighted by atomic mass is 10.1. The topological polar surface area (TPSA) is 59.2 Å². The highest BCUT2D eigenvalue weighted by atomic mass is 16.2. The Morgan fingerprint density at radius 1 is 1.29 bits per heavy atom. The van der Waals surface area contributed by atoms with Crippen LogP contribution in [-0.4, -0.2) is 22.3 Å². The van der Waals surface area contributed by atoms with E-state index in [9.17, 15) is 4.79 Å². The number of nitrogens with two attached hydrogens (primary N) is 1. The molecule has 4 heteroatoms. The number of carbonyl (C=O) groups excluding carboxylic acids is 1. The standard InChI is InChI=1S/C17H21N3O/c1-3-10-20(12-15-6-4-5-7-16(15)18)17(21)14-8-9-19-13(2)11-14/h4-9,11H,3,10,12,18H2,1-2H3. The SMILES string of the molecule is CCCN(Cc1ccccc1N)C(=O)c1ccnc(C)c1. The highest BCUT2D eigenvalue weighted by molar-refractivity contribution is 5.94. The van der Waals surface area contributed by atoms with Crippen LogP contribution in [0.3, 0.4) is 0 Å². The molecule has 1 amide bonds. The average molecular weight is 283 g/mol. The molecule has 0 atom stereocenters. The Morgan fingerprint density at radius 2 is 2.05 bits per heavy atom. The molecule has 110 valence electrons. The van der Waals surface area contributed by atoms with Gasteiger partial charge < -0.3 is 10.6 Å². The first-order chi connectivity index (χ1) is 10.1. The summed E-state index contributed by atoms with van der Waals surface area (Å²) in [6.45, 7) is 5.18. The molecule has 2 aromatic rings. The Hall–Kier alpha value is -2.36. The van der Waals surface area contributed by atoms with E-state index < -0.39 is 0 Å². The van der Waals surface area contributed by atoms with E-state index in [-0.39, 0.29) is 5.91 Å². The number of pyridine rings is 1. The largest absolute Gasteiger partial charge is 0.398 e. The number of para-hydroxylation sites is 1. The molecule has 0 bridgehead atoms. The van der Waals surface area contributed by atoms with Crippen LogP contribution in [0.5, 0.6) is 0 Å². The van der Waals surface area contributed by atoms with E-state index in [1.165, 1.54) is 0 Å². The lowest BCUT2D eigenvalue weighted by Crippen LogP contribution is -2.31. The predicted molar refractivity (Wildman–Crippen MR) is 84.9 cm³/mol. The van der Waals surface area contributed by atoms with Gasteiger partial charge in [-0.1, -0.05) is 25.1 Å². The molecule has 1 aromatic heterocycles. The molecule has 0 saturated heterocycles. The first kappa shape index (κ1) is 15.0. The number of nitrogens with zero attached hydrogens (tertiary/aromatic N) is 2. The van der Waals surface area contributed by atoms with Gasteiger partial charge in [0.05, 0.1) is 0 Å². The van der Waals surface area contributed by atoms with Crippen LogP contribution in [0.1, 0.15) is 35.0 Å². The molecule has 0 aliphatic rings. The molecule has 0 aliphatic heterocycles. The Kier molecular flexibility index (Phi) is 4.93. The van der Waals surface area contributed by atoms with Crippen molar-refractivity contribution >= 4 is 11.6 Å². The summed E-state index contributed by atoms with van der Waals surface area (Å²) in [6.07, 6.45) is 2.58. The van der Waals surface area contributed by atoms with Gasteiger partial charge in [0.25, 0.3) is 5.91 Å². The van der Waals surface area contributed by atoms with E-state index in [0.29, 0.717) is 18.7 Å². The van der Waals surface area contributed by atoms with Crippen molar-refractivity contribution in [1.29, 1.82) is 0 Å². The molecule has 0 fully saturated rings. The number of rotatable bonds is 5. The molecular weight excluding hydrogens is 262 g/mol. The average Bonchev–Trinajstić information content (AvgIpc) is 2.48. The fourth-order valence-corrected chi connectivity index (χ4v) is 2.27. The van der Waals surface area contributed by atoms with Crippen LogP contribution in [-0.2, 0) is 6.54 Å². The predicted octanol–water partition coefficient (Wildman–Crippen LogP) is 3.02. The van der Waals surface area contributed by atoms with Crippen molar-refractivity contribution in [2.75, 3.05) is 12.3 Å². The van der Waals surface area contributed by atoms with Gasteiger partial charge in [-0.15, -0.1) is 0 Å². The Labute approximate surface area is 125 Å². The third-order valence-electron chi connectivity index (χ3n) is 3.34. The number of nitrogen functional groups attached to an aromatic ring is 1. The highest BCUT2D eigenvalue weighted by Crippen LogP contribution is 2.16. The van der Waals surface area contributed by atoms with E-state index in [0.717, 1.165) is 23.4 Å². The van der Waals surface area contributed by atoms with Crippen LogP contribution in [0.2, 0.25) is 0 Å². The molecule has 2 rings (SSSR count). The molecule has 1 heterocycles. The highest BCUT2D eigenvalue weighted by Gasteiger charge is 2.16. The van der Waals surface area contributed by atoms with Crippen molar-refractivity contribution in [3.05, 3.63) is 59.4 Å². The van der Waals surface area contributed by atoms with Crippen LogP contribution in [0, 0.1) is 6.92 Å². The van der Waals surface area contributed by atoms with E-state index in [1.807, 2.05) is 42.2 Å². The summed E-state index contributed by atoms with van der Waals surface area (Å²) in [7, 11) is 0. The fraction of sp³-hybridized carbons (Fsp3) is 0.294. The van der Waals surface area contributed by atoms with Gasteiger partial charge in [0, 0.05) is 36.2 Å². The molecule has 0 unspecified atom stereocenters. The van der Waals surface area contributed by atoms with Crippen LogP contribution in [0.15, 0.2) is 42.6 Å². The van der Waals surface area contributed by atoms with Crippen molar-refractivity contribution < 1.29 is 4.79 Å². The lowest BCUT2D eigenvalue weighted by molar-refractivity contribution is 0.0743. The lowest BCUT2D eigenvalue weighted by Gasteiger charge is -2.23. The first-order valence-electron chi connectivity index (χ1n) is 7.17. The number of hydrogen-bond donors (Lipinski definition) is 1. The van der Waals surface area contributed by atoms with E-state index in [1.54, 1.807) is 12.3 Å². The van der Waals surface area contributed by atoms with Crippen LogP contribution in [0.4, 0.5) is 5.69 Å². The Bertz CT molecular complexity index is 625. The second-order valence-corrected chi connectivity index (χ2v) is 5.11.